The summed E-state index contributed by atoms with van der Waals surface area (Å²) >= 11 is 9.36. The summed E-state index contributed by atoms with van der Waals surface area (Å²) in [6.45, 7) is -0.358. The van der Waals surface area contributed by atoms with Gasteiger partial charge in [0, 0.05) is 15.1 Å². The Labute approximate surface area is 225 Å². The number of amides is 5. The second kappa shape index (κ2) is 11.3. The average molecular weight is 585 g/mol. The lowest BCUT2D eigenvalue weighted by Gasteiger charge is -2.26. The number of urea groups is 1. The maximum Gasteiger partial charge on any atom is 0.335 e. The van der Waals surface area contributed by atoms with E-state index in [9.17, 15) is 19.2 Å². The summed E-state index contributed by atoms with van der Waals surface area (Å²) < 4.78 is 11.6. The number of nitrogens with zero attached hydrogens (tertiary/aromatic N) is 1. The Balaban J connectivity index is 1.58. The van der Waals surface area contributed by atoms with E-state index < -0.39 is 23.8 Å². The predicted octanol–water partition coefficient (Wildman–Crippen LogP) is 4.80. The number of methoxy groups -OCH3 is 1. The maximum absolute atomic E-state index is 13.2. The number of carbonyl (C=O) groups excluding carboxylic acids is 4. The van der Waals surface area contributed by atoms with Crippen LogP contribution in [-0.2, 0) is 14.4 Å². The molecular weight excluding hydrogens is 566 g/mol. The van der Waals surface area contributed by atoms with Crippen molar-refractivity contribution in [3.8, 4) is 11.5 Å². The number of rotatable bonds is 7. The van der Waals surface area contributed by atoms with Crippen molar-refractivity contribution in [2.45, 2.75) is 0 Å². The molecule has 0 aromatic heterocycles. The van der Waals surface area contributed by atoms with Crippen molar-refractivity contribution >= 4 is 68.7 Å². The van der Waals surface area contributed by atoms with Crippen LogP contribution in [0.3, 0.4) is 0 Å². The van der Waals surface area contributed by atoms with Gasteiger partial charge in [0.05, 0.1) is 18.5 Å². The van der Waals surface area contributed by atoms with Gasteiger partial charge in [0.15, 0.2) is 6.61 Å². The molecule has 11 heteroatoms. The minimum Gasteiger partial charge on any atom is -0.495 e. The van der Waals surface area contributed by atoms with E-state index in [1.54, 1.807) is 54.6 Å². The fourth-order valence-corrected chi connectivity index (χ4v) is 4.07. The number of benzene rings is 3. The highest BCUT2D eigenvalue weighted by Gasteiger charge is 2.37. The number of hydrogen-bond donors (Lipinski definition) is 2. The number of barbiturate groups is 1. The van der Waals surface area contributed by atoms with Gasteiger partial charge in [-0.15, -0.1) is 0 Å². The van der Waals surface area contributed by atoms with Gasteiger partial charge in [-0.25, -0.2) is 9.69 Å². The molecule has 188 valence electrons. The zero-order valence-electron chi connectivity index (χ0n) is 19.3. The number of halogens is 2. The minimum absolute atomic E-state index is 0.201. The van der Waals surface area contributed by atoms with Crippen LogP contribution in [-0.4, -0.2) is 37.5 Å². The third-order valence-corrected chi connectivity index (χ3v) is 5.91. The molecule has 37 heavy (non-hydrogen) atoms. The van der Waals surface area contributed by atoms with Crippen LogP contribution in [0.4, 0.5) is 16.2 Å². The van der Waals surface area contributed by atoms with Gasteiger partial charge in [0.25, 0.3) is 17.7 Å². The first-order valence-corrected chi connectivity index (χ1v) is 12.0. The van der Waals surface area contributed by atoms with Gasteiger partial charge in [-0.1, -0.05) is 45.7 Å². The number of ether oxygens (including phenoxy) is 2. The van der Waals surface area contributed by atoms with Crippen molar-refractivity contribution < 1.29 is 28.7 Å². The molecule has 3 aromatic carbocycles. The zero-order valence-corrected chi connectivity index (χ0v) is 21.6. The molecule has 0 bridgehead atoms. The SMILES string of the molecule is COc1ccccc1NC(=O)COc1ccc(Br)cc1/C=C1\C(=O)NC(=O)N(c2cccc(Cl)c2)C1=O. The van der Waals surface area contributed by atoms with Gasteiger partial charge in [-0.2, -0.15) is 0 Å². The van der Waals surface area contributed by atoms with E-state index in [2.05, 4.69) is 26.6 Å². The predicted molar refractivity (Wildman–Crippen MR) is 142 cm³/mol. The quantitative estimate of drug-likeness (QED) is 0.305. The molecule has 0 spiro atoms. The lowest BCUT2D eigenvalue weighted by Crippen LogP contribution is -2.54. The smallest absolute Gasteiger partial charge is 0.335 e. The van der Waals surface area contributed by atoms with E-state index in [1.807, 2.05) is 0 Å². The fraction of sp³-hybridized carbons (Fsp3) is 0.0769. The monoisotopic (exact) mass is 583 g/mol. The average Bonchev–Trinajstić information content (AvgIpc) is 2.86. The van der Waals surface area contributed by atoms with Crippen LogP contribution >= 0.6 is 27.5 Å². The van der Waals surface area contributed by atoms with Crippen molar-refractivity contribution in [2.75, 3.05) is 23.9 Å². The van der Waals surface area contributed by atoms with Crippen LogP contribution in [0.2, 0.25) is 5.02 Å². The Bertz CT molecular complexity index is 1440. The van der Waals surface area contributed by atoms with E-state index in [-0.39, 0.29) is 23.6 Å². The highest BCUT2D eigenvalue weighted by Crippen LogP contribution is 2.29. The summed E-state index contributed by atoms with van der Waals surface area (Å²) in [6.07, 6.45) is 1.29. The second-order valence-corrected chi connectivity index (χ2v) is 9.01. The van der Waals surface area contributed by atoms with Crippen LogP contribution in [0.25, 0.3) is 6.08 Å². The first kappa shape index (κ1) is 25.9. The maximum atomic E-state index is 13.2. The van der Waals surface area contributed by atoms with Crippen molar-refractivity contribution in [1.29, 1.82) is 0 Å². The third-order valence-electron chi connectivity index (χ3n) is 5.18. The molecule has 4 rings (SSSR count). The molecule has 1 aliphatic heterocycles. The summed E-state index contributed by atoms with van der Waals surface area (Å²) in [5, 5.41) is 5.18. The van der Waals surface area contributed by atoms with Crippen LogP contribution in [0.1, 0.15) is 5.56 Å². The lowest BCUT2D eigenvalue weighted by atomic mass is 10.1. The molecule has 0 unspecified atom stereocenters. The zero-order chi connectivity index (χ0) is 26.5. The summed E-state index contributed by atoms with van der Waals surface area (Å²) in [5.74, 6) is -1.43. The van der Waals surface area contributed by atoms with Gasteiger partial charge in [0.1, 0.15) is 17.1 Å². The van der Waals surface area contributed by atoms with Crippen molar-refractivity contribution in [3.63, 3.8) is 0 Å². The molecular formula is C26H19BrClN3O6. The molecule has 1 saturated heterocycles. The van der Waals surface area contributed by atoms with Gasteiger partial charge in [-0.3, -0.25) is 19.7 Å². The molecule has 1 fully saturated rings. The molecule has 0 atom stereocenters. The summed E-state index contributed by atoms with van der Waals surface area (Å²) in [4.78, 5) is 51.5. The largest absolute Gasteiger partial charge is 0.495 e. The number of para-hydroxylation sites is 2. The van der Waals surface area contributed by atoms with Gasteiger partial charge >= 0.3 is 6.03 Å². The Morgan fingerprint density at radius 1 is 1.05 bits per heavy atom. The molecule has 0 aliphatic carbocycles. The van der Waals surface area contributed by atoms with E-state index in [0.29, 0.717) is 26.5 Å². The molecule has 1 heterocycles. The molecule has 5 amide bonds. The standard InChI is InChI=1S/C26H19BrClN3O6/c1-36-22-8-3-2-7-20(22)29-23(32)14-37-21-10-9-16(27)11-15(21)12-19-24(33)30-26(35)31(25(19)34)18-6-4-5-17(28)13-18/h2-13H,14H2,1H3,(H,29,32)(H,30,33,35)/b19-12+. The van der Waals surface area contributed by atoms with Crippen LogP contribution in [0.5, 0.6) is 11.5 Å². The third kappa shape index (κ3) is 5.99. The Hall–Kier alpha value is -4.15. The number of nitrogens with one attached hydrogen (secondary N) is 2. The van der Waals surface area contributed by atoms with E-state index in [1.165, 1.54) is 25.3 Å². The first-order valence-electron chi connectivity index (χ1n) is 10.8. The molecule has 9 nitrogen and oxygen atoms in total. The van der Waals surface area contributed by atoms with E-state index in [4.69, 9.17) is 21.1 Å². The molecule has 0 saturated carbocycles. The van der Waals surface area contributed by atoms with E-state index in [0.717, 1.165) is 4.90 Å². The number of hydrogen-bond acceptors (Lipinski definition) is 6. The summed E-state index contributed by atoms with van der Waals surface area (Å²) in [5.41, 5.74) is 0.707. The Morgan fingerprint density at radius 2 is 1.84 bits per heavy atom. The number of anilines is 2. The molecule has 2 N–H and O–H groups in total. The van der Waals surface area contributed by atoms with Gasteiger partial charge in [0.2, 0.25) is 0 Å². The van der Waals surface area contributed by atoms with Crippen LogP contribution < -0.4 is 25.0 Å². The topological polar surface area (TPSA) is 114 Å². The summed E-state index contributed by atoms with van der Waals surface area (Å²) in [6, 6.07) is 17.0. The molecule has 3 aromatic rings. The Kier molecular flexibility index (Phi) is 7.90. The number of carbonyl (C=O) groups is 4. The normalized spacial score (nSPS) is 14.4. The minimum atomic E-state index is -0.895. The van der Waals surface area contributed by atoms with Crippen molar-refractivity contribution in [3.05, 3.63) is 87.4 Å². The summed E-state index contributed by atoms with van der Waals surface area (Å²) in [7, 11) is 1.49. The second-order valence-electron chi connectivity index (χ2n) is 7.66. The van der Waals surface area contributed by atoms with Crippen LogP contribution in [0.15, 0.2) is 76.8 Å². The van der Waals surface area contributed by atoms with Gasteiger partial charge in [-0.05, 0) is 54.6 Å². The van der Waals surface area contributed by atoms with Crippen LogP contribution in [0, 0.1) is 0 Å². The fourth-order valence-electron chi connectivity index (χ4n) is 3.50. The highest BCUT2D eigenvalue weighted by molar-refractivity contribution is 9.10. The molecule has 1 aliphatic rings. The van der Waals surface area contributed by atoms with Crippen molar-refractivity contribution in [1.82, 2.24) is 5.32 Å². The molecule has 0 radical (unpaired) electrons. The van der Waals surface area contributed by atoms with Crippen molar-refractivity contribution in [2.24, 2.45) is 0 Å². The first-order chi connectivity index (χ1) is 17.8. The van der Waals surface area contributed by atoms with E-state index >= 15 is 0 Å². The Morgan fingerprint density at radius 3 is 2.59 bits per heavy atom. The van der Waals surface area contributed by atoms with Gasteiger partial charge < -0.3 is 14.8 Å². The lowest BCUT2D eigenvalue weighted by molar-refractivity contribution is -0.122. The highest BCUT2D eigenvalue weighted by atomic mass is 79.9. The number of imide groups is 2.